The zero-order valence-electron chi connectivity index (χ0n) is 11.4. The van der Waals surface area contributed by atoms with Crippen LogP contribution < -0.4 is 5.32 Å². The zero-order valence-corrected chi connectivity index (χ0v) is 12.1. The number of hydrogen-bond donors (Lipinski definition) is 1. The molecule has 4 heteroatoms. The van der Waals surface area contributed by atoms with Crippen LogP contribution in [0.4, 0.5) is 8.78 Å². The van der Waals surface area contributed by atoms with Gasteiger partial charge in [-0.25, -0.2) is 8.78 Å². The zero-order chi connectivity index (χ0) is 14.7. The summed E-state index contributed by atoms with van der Waals surface area (Å²) >= 11 is 6.09. The van der Waals surface area contributed by atoms with Crippen LogP contribution in [0.25, 0.3) is 0 Å². The number of likely N-dealkylation sites (N-methyl/N-ethyl adjacent to an activating group) is 1. The van der Waals surface area contributed by atoms with Crippen molar-refractivity contribution in [1.29, 1.82) is 0 Å². The largest absolute Gasteiger partial charge is 0.313 e. The van der Waals surface area contributed by atoms with E-state index in [9.17, 15) is 8.78 Å². The molecule has 0 spiro atoms. The molecule has 2 rings (SSSR count). The molecule has 1 atom stereocenters. The molecule has 0 aliphatic rings. The van der Waals surface area contributed by atoms with E-state index in [1.165, 1.54) is 24.3 Å². The molecule has 1 N–H and O–H groups in total. The van der Waals surface area contributed by atoms with Crippen LogP contribution in [0.3, 0.4) is 0 Å². The molecule has 106 valence electrons. The monoisotopic (exact) mass is 295 g/mol. The van der Waals surface area contributed by atoms with E-state index in [1.807, 2.05) is 14.0 Å². The van der Waals surface area contributed by atoms with E-state index in [0.717, 1.165) is 16.7 Å². The predicted octanol–water partition coefficient (Wildman–Crippen LogP) is 4.43. The van der Waals surface area contributed by atoms with Crippen molar-refractivity contribution < 1.29 is 8.78 Å². The van der Waals surface area contributed by atoms with E-state index in [1.54, 1.807) is 12.1 Å². The van der Waals surface area contributed by atoms with Crippen molar-refractivity contribution in [2.75, 3.05) is 7.05 Å². The molecule has 0 radical (unpaired) electrons. The second-order valence-electron chi connectivity index (χ2n) is 4.78. The van der Waals surface area contributed by atoms with Gasteiger partial charge in [-0.05, 0) is 61.3 Å². The van der Waals surface area contributed by atoms with Gasteiger partial charge in [0.15, 0.2) is 0 Å². The number of halogens is 3. The Bertz CT molecular complexity index is 613. The van der Waals surface area contributed by atoms with Crippen LogP contribution in [-0.4, -0.2) is 7.05 Å². The Balaban J connectivity index is 2.28. The third-order valence-corrected chi connectivity index (χ3v) is 3.74. The maximum atomic E-state index is 13.1. The normalized spacial score (nSPS) is 12.4. The van der Waals surface area contributed by atoms with Crippen molar-refractivity contribution in [3.05, 3.63) is 69.7 Å². The van der Waals surface area contributed by atoms with Gasteiger partial charge in [0, 0.05) is 11.1 Å². The maximum absolute atomic E-state index is 13.1. The third kappa shape index (κ3) is 3.35. The van der Waals surface area contributed by atoms with E-state index < -0.39 is 0 Å². The summed E-state index contributed by atoms with van der Waals surface area (Å²) in [6.45, 7) is 1.87. The van der Waals surface area contributed by atoms with Gasteiger partial charge in [0.2, 0.25) is 0 Å². The molecule has 0 amide bonds. The molecule has 0 bridgehead atoms. The molecule has 20 heavy (non-hydrogen) atoms. The molecule has 0 saturated carbocycles. The summed E-state index contributed by atoms with van der Waals surface area (Å²) in [7, 11) is 1.82. The number of rotatable bonds is 4. The van der Waals surface area contributed by atoms with E-state index in [2.05, 4.69) is 5.32 Å². The van der Waals surface area contributed by atoms with E-state index in [4.69, 9.17) is 11.6 Å². The quantitative estimate of drug-likeness (QED) is 0.880. The maximum Gasteiger partial charge on any atom is 0.124 e. The van der Waals surface area contributed by atoms with Crippen LogP contribution >= 0.6 is 11.6 Å². The van der Waals surface area contributed by atoms with Gasteiger partial charge in [0.25, 0.3) is 0 Å². The lowest BCUT2D eigenvalue weighted by atomic mass is 9.96. The minimum absolute atomic E-state index is 0.0488. The van der Waals surface area contributed by atoms with Crippen molar-refractivity contribution in [2.45, 2.75) is 19.4 Å². The standard InChI is InChI=1S/C16H16ClF2N/c1-10-7-12(18)4-3-11(10)8-16(20-2)14-6-5-13(19)9-15(14)17/h3-7,9,16,20H,8H2,1-2H3. The minimum Gasteiger partial charge on any atom is -0.313 e. The summed E-state index contributed by atoms with van der Waals surface area (Å²) < 4.78 is 26.2. The average Bonchev–Trinajstić information content (AvgIpc) is 2.39. The Labute approximate surface area is 122 Å². The van der Waals surface area contributed by atoms with Crippen molar-refractivity contribution in [1.82, 2.24) is 5.32 Å². The summed E-state index contributed by atoms with van der Waals surface area (Å²) in [5.74, 6) is -0.598. The van der Waals surface area contributed by atoms with Crippen molar-refractivity contribution in [3.63, 3.8) is 0 Å². The van der Waals surface area contributed by atoms with Crippen LogP contribution in [0, 0.1) is 18.6 Å². The first-order valence-corrected chi connectivity index (χ1v) is 6.76. The molecule has 0 aliphatic carbocycles. The van der Waals surface area contributed by atoms with Gasteiger partial charge < -0.3 is 5.32 Å². The summed E-state index contributed by atoms with van der Waals surface area (Å²) in [4.78, 5) is 0. The van der Waals surface area contributed by atoms with Crippen molar-refractivity contribution >= 4 is 11.6 Å². The molecule has 0 fully saturated rings. The molecular weight excluding hydrogens is 280 g/mol. The number of nitrogens with one attached hydrogen (secondary N) is 1. The first-order valence-electron chi connectivity index (χ1n) is 6.38. The SMILES string of the molecule is CNC(Cc1ccc(F)cc1C)c1ccc(F)cc1Cl. The van der Waals surface area contributed by atoms with Gasteiger partial charge in [-0.1, -0.05) is 23.7 Å². The summed E-state index contributed by atoms with van der Waals surface area (Å²) in [5, 5.41) is 3.56. The molecule has 0 aromatic heterocycles. The molecule has 0 heterocycles. The minimum atomic E-state index is -0.355. The van der Waals surface area contributed by atoms with E-state index in [0.29, 0.717) is 11.4 Å². The molecule has 1 unspecified atom stereocenters. The Kier molecular flexibility index (Phi) is 4.73. The van der Waals surface area contributed by atoms with Crippen LogP contribution in [0.2, 0.25) is 5.02 Å². The lowest BCUT2D eigenvalue weighted by molar-refractivity contribution is 0.582. The highest BCUT2D eigenvalue weighted by Crippen LogP contribution is 2.27. The Morgan fingerprint density at radius 1 is 1.10 bits per heavy atom. The van der Waals surface area contributed by atoms with Crippen LogP contribution in [0.15, 0.2) is 36.4 Å². The molecule has 1 nitrogen and oxygen atoms in total. The lowest BCUT2D eigenvalue weighted by Gasteiger charge is -2.19. The van der Waals surface area contributed by atoms with E-state index >= 15 is 0 Å². The highest BCUT2D eigenvalue weighted by Gasteiger charge is 2.15. The van der Waals surface area contributed by atoms with Gasteiger partial charge in [0.05, 0.1) is 0 Å². The summed E-state index contributed by atoms with van der Waals surface area (Å²) in [6.07, 6.45) is 0.661. The second kappa shape index (κ2) is 6.33. The smallest absolute Gasteiger partial charge is 0.124 e. The Hall–Kier alpha value is -1.45. The van der Waals surface area contributed by atoms with Gasteiger partial charge >= 0.3 is 0 Å². The topological polar surface area (TPSA) is 12.0 Å². The number of benzene rings is 2. The fourth-order valence-corrected chi connectivity index (χ4v) is 2.56. The fraction of sp³-hybridized carbons (Fsp3) is 0.250. The summed E-state index contributed by atoms with van der Waals surface area (Å²) in [5.41, 5.74) is 2.76. The van der Waals surface area contributed by atoms with E-state index in [-0.39, 0.29) is 17.7 Å². The third-order valence-electron chi connectivity index (χ3n) is 3.42. The molecular formula is C16H16ClF2N. The average molecular weight is 296 g/mol. The second-order valence-corrected chi connectivity index (χ2v) is 5.19. The molecule has 2 aromatic carbocycles. The van der Waals surface area contributed by atoms with Gasteiger partial charge in [-0.15, -0.1) is 0 Å². The van der Waals surface area contributed by atoms with Gasteiger partial charge in [-0.3, -0.25) is 0 Å². The Morgan fingerprint density at radius 2 is 1.75 bits per heavy atom. The van der Waals surface area contributed by atoms with Gasteiger partial charge in [-0.2, -0.15) is 0 Å². The Morgan fingerprint density at radius 3 is 2.35 bits per heavy atom. The first-order chi connectivity index (χ1) is 9.51. The van der Waals surface area contributed by atoms with Crippen LogP contribution in [0.1, 0.15) is 22.7 Å². The van der Waals surface area contributed by atoms with Crippen molar-refractivity contribution in [2.24, 2.45) is 0 Å². The highest BCUT2D eigenvalue weighted by molar-refractivity contribution is 6.31. The fourth-order valence-electron chi connectivity index (χ4n) is 2.26. The summed E-state index contributed by atoms with van der Waals surface area (Å²) in [6, 6.07) is 9.05. The highest BCUT2D eigenvalue weighted by atomic mass is 35.5. The number of hydrogen-bond acceptors (Lipinski definition) is 1. The lowest BCUT2D eigenvalue weighted by Crippen LogP contribution is -2.19. The van der Waals surface area contributed by atoms with Crippen molar-refractivity contribution in [3.8, 4) is 0 Å². The predicted molar refractivity (Wildman–Crippen MR) is 78.1 cm³/mol. The molecule has 0 saturated heterocycles. The number of aryl methyl sites for hydroxylation is 1. The molecule has 2 aromatic rings. The van der Waals surface area contributed by atoms with Gasteiger partial charge in [0.1, 0.15) is 11.6 Å². The van der Waals surface area contributed by atoms with Crippen LogP contribution in [0.5, 0.6) is 0 Å². The molecule has 0 aliphatic heterocycles. The van der Waals surface area contributed by atoms with Crippen LogP contribution in [-0.2, 0) is 6.42 Å². The first kappa shape index (κ1) is 14.9.